The van der Waals surface area contributed by atoms with Crippen LogP contribution in [0.4, 0.5) is 0 Å². The number of hydrogen-bond donors (Lipinski definition) is 3. The van der Waals surface area contributed by atoms with Gasteiger partial charge in [-0.3, -0.25) is 9.79 Å². The zero-order valence-corrected chi connectivity index (χ0v) is 19.5. The van der Waals surface area contributed by atoms with Gasteiger partial charge in [0, 0.05) is 48.4 Å². The summed E-state index contributed by atoms with van der Waals surface area (Å²) >= 11 is 1.94. The number of carbonyl (C=O) groups is 1. The van der Waals surface area contributed by atoms with Gasteiger partial charge >= 0.3 is 0 Å². The van der Waals surface area contributed by atoms with Crippen LogP contribution in [0.25, 0.3) is 0 Å². The Hall–Kier alpha value is -2.51. The van der Waals surface area contributed by atoms with E-state index in [1.54, 1.807) is 7.05 Å². The lowest BCUT2D eigenvalue weighted by molar-refractivity contribution is 0.0951. The van der Waals surface area contributed by atoms with Crippen molar-refractivity contribution < 1.29 is 4.79 Å². The third-order valence-electron chi connectivity index (χ3n) is 5.18. The van der Waals surface area contributed by atoms with Crippen LogP contribution in [-0.2, 0) is 6.54 Å². The lowest BCUT2D eigenvalue weighted by Gasteiger charge is -2.18. The molecule has 1 fully saturated rings. The maximum atomic E-state index is 12.4. The summed E-state index contributed by atoms with van der Waals surface area (Å²) in [6.07, 6.45) is 2.42. The molecular weight excluding hydrogens is 406 g/mol. The number of benzene rings is 2. The largest absolute Gasteiger partial charge is 0.355 e. The van der Waals surface area contributed by atoms with E-state index in [1.165, 1.54) is 17.7 Å². The number of nitrogens with zero attached hydrogens (tertiary/aromatic N) is 2. The predicted octanol–water partition coefficient (Wildman–Crippen LogP) is 2.97. The third-order valence-corrected chi connectivity index (χ3v) is 6.67. The number of nitrogens with one attached hydrogen (secondary N) is 3. The molecule has 0 unspecified atom stereocenters. The van der Waals surface area contributed by atoms with Crippen LogP contribution in [0, 0.1) is 0 Å². The summed E-state index contributed by atoms with van der Waals surface area (Å²) < 4.78 is 0.254. The average Bonchev–Trinajstić information content (AvgIpc) is 3.54. The summed E-state index contributed by atoms with van der Waals surface area (Å²) in [5.74, 6) is 0.737. The van der Waals surface area contributed by atoms with Crippen molar-refractivity contribution in [3.63, 3.8) is 0 Å². The quantitative estimate of drug-likeness (QED) is 0.392. The summed E-state index contributed by atoms with van der Waals surface area (Å²) in [5, 5.41) is 9.80. The first-order chi connectivity index (χ1) is 15.0. The molecule has 0 radical (unpaired) electrons. The van der Waals surface area contributed by atoms with Crippen LogP contribution in [-0.4, -0.2) is 62.3 Å². The second-order valence-corrected chi connectivity index (χ2v) is 9.68. The van der Waals surface area contributed by atoms with Crippen LogP contribution in [0.2, 0.25) is 0 Å². The van der Waals surface area contributed by atoms with Gasteiger partial charge in [-0.1, -0.05) is 30.3 Å². The van der Waals surface area contributed by atoms with Gasteiger partial charge in [-0.2, -0.15) is 0 Å². The van der Waals surface area contributed by atoms with Gasteiger partial charge in [0.15, 0.2) is 5.96 Å². The van der Waals surface area contributed by atoms with Crippen molar-refractivity contribution >= 4 is 23.6 Å². The number of guanidine groups is 1. The molecule has 1 saturated carbocycles. The Kier molecular flexibility index (Phi) is 8.37. The molecule has 6 nitrogen and oxygen atoms in total. The summed E-state index contributed by atoms with van der Waals surface area (Å²) in [4.78, 5) is 20.1. The number of amides is 1. The van der Waals surface area contributed by atoms with Crippen molar-refractivity contribution in [1.29, 1.82) is 0 Å². The van der Waals surface area contributed by atoms with Crippen LogP contribution < -0.4 is 16.0 Å². The SMILES string of the molecule is CN=C(NCc1cccc(C(=O)NCCN(C)C)c1)NCC1(Sc2ccccc2)CC1. The summed E-state index contributed by atoms with van der Waals surface area (Å²) in [5.41, 5.74) is 1.72. The smallest absolute Gasteiger partial charge is 0.251 e. The zero-order valence-electron chi connectivity index (χ0n) is 18.6. The fourth-order valence-corrected chi connectivity index (χ4v) is 4.41. The van der Waals surface area contributed by atoms with E-state index in [0.717, 1.165) is 24.6 Å². The molecule has 0 aromatic heterocycles. The van der Waals surface area contributed by atoms with Crippen LogP contribution in [0.5, 0.6) is 0 Å². The Labute approximate surface area is 189 Å². The number of likely N-dealkylation sites (N-methyl/N-ethyl adjacent to an activating group) is 1. The Morgan fingerprint density at radius 3 is 2.52 bits per heavy atom. The predicted molar refractivity (Wildman–Crippen MR) is 130 cm³/mol. The lowest BCUT2D eigenvalue weighted by Crippen LogP contribution is -2.40. The Bertz CT molecular complexity index is 881. The molecule has 0 saturated heterocycles. The Morgan fingerprint density at radius 1 is 1.06 bits per heavy atom. The number of carbonyl (C=O) groups excluding carboxylic acids is 1. The zero-order chi connectivity index (χ0) is 22.1. The van der Waals surface area contributed by atoms with Gasteiger partial charge in [0.05, 0.1) is 0 Å². The van der Waals surface area contributed by atoms with E-state index < -0.39 is 0 Å². The number of rotatable bonds is 10. The molecule has 1 amide bonds. The minimum atomic E-state index is -0.0418. The van der Waals surface area contributed by atoms with Crippen molar-refractivity contribution in [2.24, 2.45) is 4.99 Å². The molecule has 1 aliphatic rings. The normalized spacial score (nSPS) is 14.9. The van der Waals surface area contributed by atoms with E-state index in [-0.39, 0.29) is 10.7 Å². The van der Waals surface area contributed by atoms with Crippen LogP contribution in [0.15, 0.2) is 64.5 Å². The van der Waals surface area contributed by atoms with Gasteiger partial charge in [0.1, 0.15) is 0 Å². The maximum absolute atomic E-state index is 12.4. The van der Waals surface area contributed by atoms with Gasteiger partial charge < -0.3 is 20.9 Å². The molecule has 0 aliphatic heterocycles. The van der Waals surface area contributed by atoms with Crippen molar-refractivity contribution in [2.75, 3.05) is 40.8 Å². The first-order valence-electron chi connectivity index (χ1n) is 10.7. The van der Waals surface area contributed by atoms with Crippen LogP contribution >= 0.6 is 11.8 Å². The average molecular weight is 440 g/mol. The van der Waals surface area contributed by atoms with E-state index in [4.69, 9.17) is 0 Å². The Balaban J connectivity index is 1.47. The minimum Gasteiger partial charge on any atom is -0.355 e. The molecule has 0 heterocycles. The second-order valence-electron chi connectivity index (χ2n) is 8.14. The van der Waals surface area contributed by atoms with Gasteiger partial charge in [0.2, 0.25) is 0 Å². The lowest BCUT2D eigenvalue weighted by atomic mass is 10.1. The van der Waals surface area contributed by atoms with E-state index in [9.17, 15) is 4.79 Å². The highest BCUT2D eigenvalue weighted by atomic mass is 32.2. The fourth-order valence-electron chi connectivity index (χ4n) is 3.16. The maximum Gasteiger partial charge on any atom is 0.251 e. The Morgan fingerprint density at radius 2 is 1.84 bits per heavy atom. The molecule has 2 aromatic rings. The van der Waals surface area contributed by atoms with E-state index in [1.807, 2.05) is 55.0 Å². The molecule has 0 bridgehead atoms. The van der Waals surface area contributed by atoms with Crippen molar-refractivity contribution in [3.8, 4) is 0 Å². The van der Waals surface area contributed by atoms with Crippen molar-refractivity contribution in [2.45, 2.75) is 29.0 Å². The molecule has 7 heteroatoms. The van der Waals surface area contributed by atoms with Crippen molar-refractivity contribution in [3.05, 3.63) is 65.7 Å². The number of aliphatic imine (C=N–C) groups is 1. The summed E-state index contributed by atoms with van der Waals surface area (Å²) in [7, 11) is 5.77. The molecule has 1 aliphatic carbocycles. The molecule has 3 N–H and O–H groups in total. The fraction of sp³-hybridized carbons (Fsp3) is 0.417. The third kappa shape index (κ3) is 7.60. The first-order valence-corrected chi connectivity index (χ1v) is 11.5. The molecule has 0 spiro atoms. The molecule has 0 atom stereocenters. The van der Waals surface area contributed by atoms with Gasteiger partial charge in [-0.15, -0.1) is 11.8 Å². The molecule has 2 aromatic carbocycles. The standard InChI is InChI=1S/C24H33N5OS/c1-25-23(28-18-24(12-13-24)31-21-10-5-4-6-11-21)27-17-19-8-7-9-20(16-19)22(30)26-14-15-29(2)3/h4-11,16H,12-15,17-18H2,1-3H3,(H,26,30)(H2,25,27,28). The van der Waals surface area contributed by atoms with Crippen LogP contribution in [0.1, 0.15) is 28.8 Å². The van der Waals surface area contributed by atoms with Crippen molar-refractivity contribution in [1.82, 2.24) is 20.9 Å². The minimum absolute atomic E-state index is 0.0418. The molecule has 3 rings (SSSR count). The highest BCUT2D eigenvalue weighted by Crippen LogP contribution is 2.51. The van der Waals surface area contributed by atoms with Crippen LogP contribution in [0.3, 0.4) is 0 Å². The van der Waals surface area contributed by atoms with Gasteiger partial charge in [-0.25, -0.2) is 0 Å². The summed E-state index contributed by atoms with van der Waals surface area (Å²) in [6.45, 7) is 2.94. The highest BCUT2D eigenvalue weighted by molar-refractivity contribution is 8.01. The summed E-state index contributed by atoms with van der Waals surface area (Å²) in [6, 6.07) is 18.3. The number of hydrogen-bond acceptors (Lipinski definition) is 4. The first kappa shape index (κ1) is 23.2. The second kappa shape index (κ2) is 11.2. The topological polar surface area (TPSA) is 68.8 Å². The van der Waals surface area contributed by atoms with E-state index in [2.05, 4.69) is 51.3 Å². The number of thioether (sulfide) groups is 1. The highest BCUT2D eigenvalue weighted by Gasteiger charge is 2.43. The van der Waals surface area contributed by atoms with E-state index >= 15 is 0 Å². The van der Waals surface area contributed by atoms with E-state index in [0.29, 0.717) is 18.7 Å². The molecular formula is C24H33N5OS. The monoisotopic (exact) mass is 439 g/mol. The van der Waals surface area contributed by atoms with Gasteiger partial charge in [0.25, 0.3) is 5.91 Å². The molecule has 31 heavy (non-hydrogen) atoms. The molecule has 166 valence electrons. The van der Waals surface area contributed by atoms with Gasteiger partial charge in [-0.05, 0) is 56.8 Å².